The Morgan fingerprint density at radius 2 is 2.35 bits per heavy atom. The molecule has 88 valence electrons. The monoisotopic (exact) mass is 227 g/mol. The maximum Gasteiger partial charge on any atom is 0.163 e. The molecule has 1 aromatic rings. The summed E-state index contributed by atoms with van der Waals surface area (Å²) >= 11 is 0. The molecule has 2 heteroatoms. The number of benzene rings is 1. The maximum atomic E-state index is 11.9. The zero-order valence-electron chi connectivity index (χ0n) is 10.2. The summed E-state index contributed by atoms with van der Waals surface area (Å²) in [6.45, 7) is 2.83. The van der Waals surface area contributed by atoms with Gasteiger partial charge in [0, 0.05) is 30.6 Å². The standard InChI is InChI=1S/C15H17NO/c1-2-3-4-7-15(17)13-8-9-14-12(11-13)6-5-10-16-14/h8-9,11,16H,4-7,10H2,1H3. The first-order valence-electron chi connectivity index (χ1n) is 6.11. The van der Waals surface area contributed by atoms with Gasteiger partial charge < -0.3 is 5.32 Å². The van der Waals surface area contributed by atoms with E-state index in [0.29, 0.717) is 12.8 Å². The highest BCUT2D eigenvalue weighted by atomic mass is 16.1. The molecule has 0 aromatic heterocycles. The van der Waals surface area contributed by atoms with Gasteiger partial charge in [0.05, 0.1) is 0 Å². The van der Waals surface area contributed by atoms with Crippen molar-refractivity contribution in [2.24, 2.45) is 0 Å². The SMILES string of the molecule is CC#CCCC(=O)c1ccc2c(c1)CCCN2. The Kier molecular flexibility index (Phi) is 3.82. The van der Waals surface area contributed by atoms with Crippen molar-refractivity contribution in [1.82, 2.24) is 0 Å². The molecular weight excluding hydrogens is 210 g/mol. The quantitative estimate of drug-likeness (QED) is 0.635. The third kappa shape index (κ3) is 2.88. The van der Waals surface area contributed by atoms with Gasteiger partial charge in [0.25, 0.3) is 0 Å². The first-order valence-corrected chi connectivity index (χ1v) is 6.11. The van der Waals surface area contributed by atoms with E-state index in [-0.39, 0.29) is 5.78 Å². The molecule has 1 N–H and O–H groups in total. The van der Waals surface area contributed by atoms with Gasteiger partial charge in [-0.25, -0.2) is 0 Å². The van der Waals surface area contributed by atoms with Crippen LogP contribution in [-0.2, 0) is 6.42 Å². The highest BCUT2D eigenvalue weighted by Crippen LogP contribution is 2.23. The normalized spacial score (nSPS) is 13.0. The fourth-order valence-corrected chi connectivity index (χ4v) is 2.09. The molecule has 0 amide bonds. The number of carbonyl (C=O) groups is 1. The van der Waals surface area contributed by atoms with E-state index in [1.807, 2.05) is 18.2 Å². The van der Waals surface area contributed by atoms with E-state index in [9.17, 15) is 4.79 Å². The first-order chi connectivity index (χ1) is 8.31. The summed E-state index contributed by atoms with van der Waals surface area (Å²) in [5.74, 6) is 5.94. The van der Waals surface area contributed by atoms with Crippen molar-refractivity contribution in [3.63, 3.8) is 0 Å². The number of rotatable bonds is 3. The van der Waals surface area contributed by atoms with Crippen LogP contribution in [0.1, 0.15) is 42.1 Å². The lowest BCUT2D eigenvalue weighted by Gasteiger charge is -2.18. The minimum Gasteiger partial charge on any atom is -0.385 e. The van der Waals surface area contributed by atoms with E-state index in [1.165, 1.54) is 11.3 Å². The molecule has 0 bridgehead atoms. The Hall–Kier alpha value is -1.75. The summed E-state index contributed by atoms with van der Waals surface area (Å²) in [4.78, 5) is 11.9. The molecule has 0 atom stereocenters. The van der Waals surface area contributed by atoms with Gasteiger partial charge in [-0.15, -0.1) is 11.8 Å². The first kappa shape index (κ1) is 11.7. The average Bonchev–Trinajstić information content (AvgIpc) is 2.38. The number of ketones is 1. The van der Waals surface area contributed by atoms with Crippen molar-refractivity contribution in [3.05, 3.63) is 29.3 Å². The Morgan fingerprint density at radius 3 is 3.18 bits per heavy atom. The minimum atomic E-state index is 0.195. The van der Waals surface area contributed by atoms with Crippen LogP contribution in [0.15, 0.2) is 18.2 Å². The molecule has 1 aliphatic rings. The highest BCUT2D eigenvalue weighted by Gasteiger charge is 2.11. The molecule has 0 spiro atoms. The van der Waals surface area contributed by atoms with Crippen molar-refractivity contribution in [3.8, 4) is 11.8 Å². The Labute approximate surface area is 102 Å². The second-order valence-electron chi connectivity index (χ2n) is 4.25. The van der Waals surface area contributed by atoms with Crippen molar-refractivity contribution >= 4 is 11.5 Å². The molecule has 0 unspecified atom stereocenters. The maximum absolute atomic E-state index is 11.9. The van der Waals surface area contributed by atoms with Crippen LogP contribution in [-0.4, -0.2) is 12.3 Å². The van der Waals surface area contributed by atoms with E-state index in [2.05, 4.69) is 17.2 Å². The zero-order valence-corrected chi connectivity index (χ0v) is 10.2. The van der Waals surface area contributed by atoms with Gasteiger partial charge in [-0.1, -0.05) is 0 Å². The van der Waals surface area contributed by atoms with Crippen LogP contribution in [0.25, 0.3) is 0 Å². The summed E-state index contributed by atoms with van der Waals surface area (Å²) in [5.41, 5.74) is 3.27. The molecule has 1 aliphatic heterocycles. The Morgan fingerprint density at radius 1 is 1.47 bits per heavy atom. The second kappa shape index (κ2) is 5.54. The molecule has 0 fully saturated rings. The lowest BCUT2D eigenvalue weighted by atomic mass is 9.98. The van der Waals surface area contributed by atoms with Gasteiger partial charge in [0.15, 0.2) is 5.78 Å². The molecule has 1 aromatic carbocycles. The summed E-state index contributed by atoms with van der Waals surface area (Å²) in [5, 5.41) is 3.35. The third-order valence-corrected chi connectivity index (χ3v) is 3.02. The molecule has 0 saturated heterocycles. The van der Waals surface area contributed by atoms with Crippen LogP contribution in [0.5, 0.6) is 0 Å². The van der Waals surface area contributed by atoms with Crippen LogP contribution in [0.2, 0.25) is 0 Å². The Bertz CT molecular complexity index is 479. The highest BCUT2D eigenvalue weighted by molar-refractivity contribution is 5.96. The van der Waals surface area contributed by atoms with Gasteiger partial charge in [0.1, 0.15) is 0 Å². The third-order valence-electron chi connectivity index (χ3n) is 3.02. The fourth-order valence-electron chi connectivity index (χ4n) is 2.09. The molecular formula is C15H17NO. The van der Waals surface area contributed by atoms with E-state index in [4.69, 9.17) is 0 Å². The molecule has 2 nitrogen and oxygen atoms in total. The van der Waals surface area contributed by atoms with Gasteiger partial charge in [-0.2, -0.15) is 0 Å². The topological polar surface area (TPSA) is 29.1 Å². The van der Waals surface area contributed by atoms with Gasteiger partial charge in [-0.05, 0) is 43.5 Å². The largest absolute Gasteiger partial charge is 0.385 e. The minimum absolute atomic E-state index is 0.195. The summed E-state index contributed by atoms with van der Waals surface area (Å²) in [7, 11) is 0. The Balaban J connectivity index is 2.10. The number of nitrogens with one attached hydrogen (secondary N) is 1. The number of hydrogen-bond donors (Lipinski definition) is 1. The molecule has 0 aliphatic carbocycles. The summed E-state index contributed by atoms with van der Waals surface area (Å²) < 4.78 is 0. The molecule has 0 radical (unpaired) electrons. The predicted molar refractivity (Wildman–Crippen MR) is 70.3 cm³/mol. The number of anilines is 1. The number of aryl methyl sites for hydroxylation is 1. The van der Waals surface area contributed by atoms with E-state index >= 15 is 0 Å². The van der Waals surface area contributed by atoms with Crippen LogP contribution in [0.4, 0.5) is 5.69 Å². The molecule has 1 heterocycles. The predicted octanol–water partition coefficient (Wildman–Crippen LogP) is 3.03. The fraction of sp³-hybridized carbons (Fsp3) is 0.400. The van der Waals surface area contributed by atoms with Crippen molar-refractivity contribution in [2.45, 2.75) is 32.6 Å². The second-order valence-corrected chi connectivity index (χ2v) is 4.25. The van der Waals surface area contributed by atoms with Crippen molar-refractivity contribution < 1.29 is 4.79 Å². The zero-order chi connectivity index (χ0) is 12.1. The van der Waals surface area contributed by atoms with Crippen molar-refractivity contribution in [1.29, 1.82) is 0 Å². The number of fused-ring (bicyclic) bond motifs is 1. The average molecular weight is 227 g/mol. The van der Waals surface area contributed by atoms with E-state index in [0.717, 1.165) is 24.9 Å². The van der Waals surface area contributed by atoms with Gasteiger partial charge in [-0.3, -0.25) is 4.79 Å². The van der Waals surface area contributed by atoms with Gasteiger partial charge >= 0.3 is 0 Å². The van der Waals surface area contributed by atoms with Crippen molar-refractivity contribution in [2.75, 3.05) is 11.9 Å². The number of hydrogen-bond acceptors (Lipinski definition) is 2. The van der Waals surface area contributed by atoms with Crippen LogP contribution >= 0.6 is 0 Å². The van der Waals surface area contributed by atoms with Gasteiger partial charge in [0.2, 0.25) is 0 Å². The van der Waals surface area contributed by atoms with E-state index < -0.39 is 0 Å². The van der Waals surface area contributed by atoms with Crippen LogP contribution < -0.4 is 5.32 Å². The molecule has 17 heavy (non-hydrogen) atoms. The van der Waals surface area contributed by atoms with Crippen LogP contribution in [0.3, 0.4) is 0 Å². The molecule has 2 rings (SSSR count). The summed E-state index contributed by atoms with van der Waals surface area (Å²) in [6.07, 6.45) is 3.39. The number of Topliss-reactive ketones (excluding diaryl/α,β-unsaturated/α-hetero) is 1. The number of carbonyl (C=O) groups excluding carboxylic acids is 1. The van der Waals surface area contributed by atoms with E-state index in [1.54, 1.807) is 6.92 Å². The smallest absolute Gasteiger partial charge is 0.163 e. The summed E-state index contributed by atoms with van der Waals surface area (Å²) in [6, 6.07) is 5.97. The lowest BCUT2D eigenvalue weighted by Crippen LogP contribution is -2.12. The lowest BCUT2D eigenvalue weighted by molar-refractivity contribution is 0.0984. The van der Waals surface area contributed by atoms with Crippen LogP contribution in [0, 0.1) is 11.8 Å². The molecule has 0 saturated carbocycles.